The standard InChI is InChI=1S/C10H13N3O3/c14-13(15)9-2-4-12-10(5-9)16-7-8-1-3-11-6-8/h2,4-5,8,11H,1,3,6-7H2. The third kappa shape index (κ3) is 2.66. The second-order valence-corrected chi connectivity index (χ2v) is 3.78. The van der Waals surface area contributed by atoms with Gasteiger partial charge < -0.3 is 10.1 Å². The van der Waals surface area contributed by atoms with Crippen LogP contribution in [0.5, 0.6) is 5.88 Å². The van der Waals surface area contributed by atoms with E-state index in [1.807, 2.05) is 0 Å². The first-order valence-corrected chi connectivity index (χ1v) is 5.19. The Bertz CT molecular complexity index is 377. The zero-order chi connectivity index (χ0) is 11.4. The fraction of sp³-hybridized carbons (Fsp3) is 0.500. The summed E-state index contributed by atoms with van der Waals surface area (Å²) >= 11 is 0. The number of aromatic nitrogens is 1. The molecule has 2 rings (SSSR count). The van der Waals surface area contributed by atoms with Crippen molar-refractivity contribution in [3.05, 3.63) is 28.4 Å². The lowest BCUT2D eigenvalue weighted by Crippen LogP contribution is -2.15. The Kier molecular flexibility index (Phi) is 3.31. The first-order valence-electron chi connectivity index (χ1n) is 5.19. The van der Waals surface area contributed by atoms with Gasteiger partial charge in [0.2, 0.25) is 5.88 Å². The van der Waals surface area contributed by atoms with E-state index in [2.05, 4.69) is 10.3 Å². The van der Waals surface area contributed by atoms with Crippen molar-refractivity contribution >= 4 is 5.69 Å². The van der Waals surface area contributed by atoms with Gasteiger partial charge in [-0.2, -0.15) is 0 Å². The van der Waals surface area contributed by atoms with Crippen LogP contribution < -0.4 is 10.1 Å². The molecule has 6 heteroatoms. The summed E-state index contributed by atoms with van der Waals surface area (Å²) in [6.45, 7) is 2.51. The number of hydrogen-bond donors (Lipinski definition) is 1. The van der Waals surface area contributed by atoms with Crippen LogP contribution in [0.3, 0.4) is 0 Å². The lowest BCUT2D eigenvalue weighted by Gasteiger charge is -2.09. The summed E-state index contributed by atoms with van der Waals surface area (Å²) in [7, 11) is 0. The van der Waals surface area contributed by atoms with Crippen LogP contribution >= 0.6 is 0 Å². The Labute approximate surface area is 92.8 Å². The van der Waals surface area contributed by atoms with Crippen molar-refractivity contribution in [1.82, 2.24) is 10.3 Å². The second kappa shape index (κ2) is 4.89. The first-order chi connectivity index (χ1) is 7.75. The van der Waals surface area contributed by atoms with E-state index < -0.39 is 4.92 Å². The highest BCUT2D eigenvalue weighted by molar-refractivity contribution is 5.32. The molecule has 1 atom stereocenters. The molecule has 0 saturated carbocycles. The van der Waals surface area contributed by atoms with Crippen LogP contribution in [0.4, 0.5) is 5.69 Å². The quantitative estimate of drug-likeness (QED) is 0.608. The van der Waals surface area contributed by atoms with E-state index in [4.69, 9.17) is 4.74 Å². The Balaban J connectivity index is 1.93. The number of nitrogens with zero attached hydrogens (tertiary/aromatic N) is 2. The molecule has 2 heterocycles. The molecule has 0 spiro atoms. The average molecular weight is 223 g/mol. The number of rotatable bonds is 4. The molecular formula is C10H13N3O3. The van der Waals surface area contributed by atoms with Crippen molar-refractivity contribution < 1.29 is 9.66 Å². The van der Waals surface area contributed by atoms with Crippen LogP contribution in [0.25, 0.3) is 0 Å². The van der Waals surface area contributed by atoms with Gasteiger partial charge in [-0.25, -0.2) is 4.98 Å². The van der Waals surface area contributed by atoms with Crippen molar-refractivity contribution in [2.24, 2.45) is 5.92 Å². The highest BCUT2D eigenvalue weighted by Gasteiger charge is 2.15. The SMILES string of the molecule is O=[N+]([O-])c1ccnc(OCC2CCNC2)c1. The van der Waals surface area contributed by atoms with Gasteiger partial charge in [0.1, 0.15) is 0 Å². The fourth-order valence-electron chi connectivity index (χ4n) is 1.65. The predicted octanol–water partition coefficient (Wildman–Crippen LogP) is 0.978. The molecule has 1 N–H and O–H groups in total. The number of pyridine rings is 1. The minimum atomic E-state index is -0.453. The molecule has 16 heavy (non-hydrogen) atoms. The van der Waals surface area contributed by atoms with Gasteiger partial charge in [0.25, 0.3) is 5.69 Å². The Hall–Kier alpha value is -1.69. The minimum absolute atomic E-state index is 0.00884. The Morgan fingerprint density at radius 1 is 1.69 bits per heavy atom. The molecule has 1 aliphatic heterocycles. The third-order valence-corrected chi connectivity index (χ3v) is 2.56. The number of ether oxygens (including phenoxy) is 1. The molecule has 86 valence electrons. The van der Waals surface area contributed by atoms with Crippen molar-refractivity contribution in [1.29, 1.82) is 0 Å². The molecule has 0 bridgehead atoms. The van der Waals surface area contributed by atoms with Crippen LogP contribution in [0, 0.1) is 16.0 Å². The van der Waals surface area contributed by atoms with E-state index in [-0.39, 0.29) is 5.69 Å². The topological polar surface area (TPSA) is 77.3 Å². The molecule has 1 aromatic rings. The van der Waals surface area contributed by atoms with Gasteiger partial charge in [-0.3, -0.25) is 10.1 Å². The van der Waals surface area contributed by atoms with Crippen molar-refractivity contribution in [2.45, 2.75) is 6.42 Å². The lowest BCUT2D eigenvalue weighted by atomic mass is 10.1. The summed E-state index contributed by atoms with van der Waals surface area (Å²) in [6, 6.07) is 2.70. The fourth-order valence-corrected chi connectivity index (χ4v) is 1.65. The van der Waals surface area contributed by atoms with E-state index >= 15 is 0 Å². The molecule has 1 aliphatic rings. The van der Waals surface area contributed by atoms with Crippen molar-refractivity contribution in [2.75, 3.05) is 19.7 Å². The maximum absolute atomic E-state index is 10.5. The Morgan fingerprint density at radius 3 is 3.25 bits per heavy atom. The smallest absolute Gasteiger partial charge is 0.276 e. The Morgan fingerprint density at radius 2 is 2.56 bits per heavy atom. The van der Waals surface area contributed by atoms with E-state index in [9.17, 15) is 10.1 Å². The van der Waals surface area contributed by atoms with E-state index in [0.717, 1.165) is 19.5 Å². The van der Waals surface area contributed by atoms with Gasteiger partial charge >= 0.3 is 0 Å². The molecule has 1 aromatic heterocycles. The molecule has 0 aliphatic carbocycles. The van der Waals surface area contributed by atoms with Gasteiger partial charge in [-0.05, 0) is 13.0 Å². The zero-order valence-corrected chi connectivity index (χ0v) is 8.76. The molecule has 0 aromatic carbocycles. The minimum Gasteiger partial charge on any atom is -0.477 e. The molecule has 1 fully saturated rings. The molecule has 0 radical (unpaired) electrons. The molecular weight excluding hydrogens is 210 g/mol. The highest BCUT2D eigenvalue weighted by atomic mass is 16.6. The van der Waals surface area contributed by atoms with Gasteiger partial charge in [0.15, 0.2) is 0 Å². The number of hydrogen-bond acceptors (Lipinski definition) is 5. The third-order valence-electron chi connectivity index (χ3n) is 2.56. The van der Waals surface area contributed by atoms with Crippen molar-refractivity contribution in [3.8, 4) is 5.88 Å². The zero-order valence-electron chi connectivity index (χ0n) is 8.76. The van der Waals surface area contributed by atoms with Gasteiger partial charge in [0.05, 0.1) is 17.6 Å². The van der Waals surface area contributed by atoms with Gasteiger partial charge in [-0.1, -0.05) is 0 Å². The molecule has 6 nitrogen and oxygen atoms in total. The van der Waals surface area contributed by atoms with E-state index in [1.165, 1.54) is 18.3 Å². The van der Waals surface area contributed by atoms with Gasteiger partial charge in [0, 0.05) is 24.7 Å². The van der Waals surface area contributed by atoms with Crippen molar-refractivity contribution in [3.63, 3.8) is 0 Å². The average Bonchev–Trinajstić information content (AvgIpc) is 2.79. The summed E-state index contributed by atoms with van der Waals surface area (Å²) in [5.74, 6) is 0.794. The van der Waals surface area contributed by atoms with Gasteiger partial charge in [-0.15, -0.1) is 0 Å². The van der Waals surface area contributed by atoms with E-state index in [1.54, 1.807) is 0 Å². The normalized spacial score (nSPS) is 19.6. The maximum Gasteiger partial charge on any atom is 0.276 e. The second-order valence-electron chi connectivity index (χ2n) is 3.78. The number of nitro groups is 1. The predicted molar refractivity (Wildman–Crippen MR) is 57.4 cm³/mol. The molecule has 1 saturated heterocycles. The summed E-state index contributed by atoms with van der Waals surface area (Å²) < 4.78 is 5.43. The van der Waals surface area contributed by atoms with Crippen LogP contribution in [0.1, 0.15) is 6.42 Å². The number of nitrogens with one attached hydrogen (secondary N) is 1. The summed E-state index contributed by atoms with van der Waals surface area (Å²) in [4.78, 5) is 14.0. The highest BCUT2D eigenvalue weighted by Crippen LogP contribution is 2.17. The monoisotopic (exact) mass is 223 g/mol. The summed E-state index contributed by atoms with van der Waals surface area (Å²) in [5.41, 5.74) is 0.00884. The van der Waals surface area contributed by atoms with Crippen LogP contribution in [0.2, 0.25) is 0 Å². The lowest BCUT2D eigenvalue weighted by molar-refractivity contribution is -0.385. The maximum atomic E-state index is 10.5. The first kappa shape index (κ1) is 10.8. The van der Waals surface area contributed by atoms with Crippen LogP contribution in [-0.2, 0) is 0 Å². The summed E-state index contributed by atoms with van der Waals surface area (Å²) in [5, 5.41) is 13.8. The summed E-state index contributed by atoms with van der Waals surface area (Å²) in [6.07, 6.45) is 2.47. The van der Waals surface area contributed by atoms with Crippen LogP contribution in [0.15, 0.2) is 18.3 Å². The van der Waals surface area contributed by atoms with Crippen LogP contribution in [-0.4, -0.2) is 29.6 Å². The molecule has 1 unspecified atom stereocenters. The van der Waals surface area contributed by atoms with E-state index in [0.29, 0.717) is 18.4 Å². The largest absolute Gasteiger partial charge is 0.477 e. The molecule has 0 amide bonds.